The van der Waals surface area contributed by atoms with Gasteiger partial charge in [-0.05, 0) is 61.6 Å². The summed E-state index contributed by atoms with van der Waals surface area (Å²) >= 11 is 1.08. The van der Waals surface area contributed by atoms with Gasteiger partial charge in [-0.3, -0.25) is 14.4 Å². The third-order valence-corrected chi connectivity index (χ3v) is 8.06. The summed E-state index contributed by atoms with van der Waals surface area (Å²) in [5.74, 6) is 0.0630. The van der Waals surface area contributed by atoms with Crippen molar-refractivity contribution in [3.05, 3.63) is 65.2 Å². The first kappa shape index (κ1) is 27.7. The molecule has 3 aliphatic rings. The van der Waals surface area contributed by atoms with Crippen molar-refractivity contribution >= 4 is 28.6 Å². The van der Waals surface area contributed by atoms with Crippen molar-refractivity contribution in [3.63, 3.8) is 0 Å². The van der Waals surface area contributed by atoms with E-state index in [-0.39, 0.29) is 35.8 Å². The summed E-state index contributed by atoms with van der Waals surface area (Å²) in [4.78, 5) is 36.8. The smallest absolute Gasteiger partial charge is 0.416 e. The van der Waals surface area contributed by atoms with Crippen molar-refractivity contribution in [1.82, 2.24) is 5.32 Å². The minimum atomic E-state index is -4.47. The van der Waals surface area contributed by atoms with E-state index in [9.17, 15) is 27.6 Å². The van der Waals surface area contributed by atoms with Crippen LogP contribution in [-0.2, 0) is 36.5 Å². The number of alkyl halides is 3. The molecule has 0 bridgehead atoms. The summed E-state index contributed by atoms with van der Waals surface area (Å²) in [5.41, 5.74) is -0.147. The second-order valence-electron chi connectivity index (χ2n) is 10.1. The molecule has 7 nitrogen and oxygen atoms in total. The molecule has 3 fully saturated rings. The summed E-state index contributed by atoms with van der Waals surface area (Å²) in [6, 6.07) is 11.6. The Kier molecular flexibility index (Phi) is 7.76. The molecule has 1 saturated carbocycles. The number of esters is 1. The van der Waals surface area contributed by atoms with Crippen LogP contribution in [0.3, 0.4) is 0 Å². The third kappa shape index (κ3) is 6.82. The van der Waals surface area contributed by atoms with Gasteiger partial charge >= 0.3 is 12.1 Å². The molecule has 2 aliphatic heterocycles. The van der Waals surface area contributed by atoms with Crippen molar-refractivity contribution in [2.75, 3.05) is 13.2 Å². The number of ketones is 1. The average molecular weight is 564 g/mol. The molecule has 3 unspecified atom stereocenters. The fourth-order valence-corrected chi connectivity index (χ4v) is 5.74. The van der Waals surface area contributed by atoms with E-state index in [4.69, 9.17) is 14.2 Å². The predicted octanol–water partition coefficient (Wildman–Crippen LogP) is 4.63. The van der Waals surface area contributed by atoms with E-state index in [1.807, 2.05) is 12.1 Å². The topological polar surface area (TPSA) is 101 Å². The molecular formula is C28H28F3NO6S. The lowest BCUT2D eigenvalue weighted by atomic mass is 9.94. The Morgan fingerprint density at radius 2 is 1.77 bits per heavy atom. The molecule has 4 atom stereocenters. The number of Topliss-reactive ketones (excluding diaryl/α,β-unsaturated/α-hetero) is 1. The Hall–Kier alpha value is -2.89. The van der Waals surface area contributed by atoms with Gasteiger partial charge in [0.25, 0.3) is 0 Å². The highest BCUT2D eigenvalue weighted by Gasteiger charge is 2.56. The lowest BCUT2D eigenvalue weighted by Crippen LogP contribution is -2.43. The molecule has 0 radical (unpaired) electrons. The Morgan fingerprint density at radius 1 is 1.10 bits per heavy atom. The molecule has 2 saturated heterocycles. The summed E-state index contributed by atoms with van der Waals surface area (Å²) in [6.07, 6.45) is -4.00. The summed E-state index contributed by atoms with van der Waals surface area (Å²) in [7, 11) is 0. The van der Waals surface area contributed by atoms with Crippen LogP contribution in [0.1, 0.15) is 49.0 Å². The lowest BCUT2D eigenvalue weighted by molar-refractivity contribution is -0.190. The van der Waals surface area contributed by atoms with Gasteiger partial charge in [-0.2, -0.15) is 13.2 Å². The second kappa shape index (κ2) is 10.9. The summed E-state index contributed by atoms with van der Waals surface area (Å²) < 4.78 is 56.2. The highest BCUT2D eigenvalue weighted by Crippen LogP contribution is 2.38. The molecule has 1 aliphatic carbocycles. The van der Waals surface area contributed by atoms with Gasteiger partial charge < -0.3 is 19.5 Å². The van der Waals surface area contributed by atoms with Crippen LogP contribution in [0.15, 0.2) is 48.5 Å². The average Bonchev–Trinajstić information content (AvgIpc) is 3.81. The molecule has 0 amide bonds. The molecule has 2 aromatic carbocycles. The van der Waals surface area contributed by atoms with E-state index in [0.29, 0.717) is 24.3 Å². The van der Waals surface area contributed by atoms with Crippen LogP contribution < -0.4 is 10.1 Å². The standard InChI is InChI=1S/C28H28F3NO6S/c1-16(38-26(35)19-4-5-19)37-22(18-6-8-20(9-7-18)28(29,30)31)14-36-21-10-2-17(3-11-21)12-23-25(34)27(15-32-27)13-24(33)39-23/h2-3,6-11,16,19,22-23,32H,4-5,12-15H2,1H3/t16?,22?,23?,27-/m1/s1. The SMILES string of the molecule is CC(OC(=O)C1CC1)OC(COc1ccc(CC2SC(=O)C[C@@]3(CN3)C2=O)cc1)c1ccc(C(F)(F)F)cc1. The number of benzene rings is 2. The number of carbonyl (C=O) groups is 3. The maximum absolute atomic E-state index is 13.0. The van der Waals surface area contributed by atoms with Gasteiger partial charge in [0.2, 0.25) is 6.29 Å². The number of halogens is 3. The first-order valence-corrected chi connectivity index (χ1v) is 13.6. The first-order chi connectivity index (χ1) is 18.5. The van der Waals surface area contributed by atoms with E-state index < -0.39 is 34.9 Å². The molecular weight excluding hydrogens is 535 g/mol. The Balaban J connectivity index is 1.22. The van der Waals surface area contributed by atoms with E-state index in [1.165, 1.54) is 12.1 Å². The zero-order valence-electron chi connectivity index (χ0n) is 21.2. The highest BCUT2D eigenvalue weighted by molar-refractivity contribution is 8.14. The molecule has 1 N–H and O–H groups in total. The van der Waals surface area contributed by atoms with E-state index >= 15 is 0 Å². The van der Waals surface area contributed by atoms with Crippen molar-refractivity contribution in [2.45, 2.75) is 62.0 Å². The monoisotopic (exact) mass is 563 g/mol. The normalized spacial score (nSPS) is 24.4. The molecule has 5 rings (SSSR count). The zero-order chi connectivity index (χ0) is 27.8. The minimum absolute atomic E-state index is 0.0101. The van der Waals surface area contributed by atoms with Crippen LogP contribution in [0.4, 0.5) is 13.2 Å². The minimum Gasteiger partial charge on any atom is -0.491 e. The van der Waals surface area contributed by atoms with Crippen LogP contribution in [0, 0.1) is 5.92 Å². The largest absolute Gasteiger partial charge is 0.491 e. The van der Waals surface area contributed by atoms with E-state index in [1.54, 1.807) is 19.1 Å². The van der Waals surface area contributed by atoms with Crippen LogP contribution in [0.25, 0.3) is 0 Å². The van der Waals surface area contributed by atoms with Gasteiger partial charge in [0.1, 0.15) is 18.5 Å². The first-order valence-electron chi connectivity index (χ1n) is 12.8. The Bertz CT molecular complexity index is 1230. The Labute approximate surface area is 227 Å². The molecule has 1 spiro atoms. The number of carbonyl (C=O) groups excluding carboxylic acids is 3. The van der Waals surface area contributed by atoms with Crippen molar-refractivity contribution < 1.29 is 41.8 Å². The van der Waals surface area contributed by atoms with Crippen LogP contribution in [0.2, 0.25) is 0 Å². The molecule has 39 heavy (non-hydrogen) atoms. The molecule has 2 aromatic rings. The summed E-state index contributed by atoms with van der Waals surface area (Å²) in [6.45, 7) is 2.06. The van der Waals surface area contributed by atoms with E-state index in [0.717, 1.165) is 42.3 Å². The predicted molar refractivity (Wildman–Crippen MR) is 136 cm³/mol. The molecule has 0 aromatic heterocycles. The van der Waals surface area contributed by atoms with Crippen LogP contribution in [0.5, 0.6) is 5.75 Å². The Morgan fingerprint density at radius 3 is 2.36 bits per heavy atom. The number of thioether (sulfide) groups is 1. The highest BCUT2D eigenvalue weighted by atomic mass is 32.2. The number of ether oxygens (including phenoxy) is 3. The van der Waals surface area contributed by atoms with E-state index in [2.05, 4.69) is 5.32 Å². The third-order valence-electron chi connectivity index (χ3n) is 6.99. The van der Waals surface area contributed by atoms with Gasteiger partial charge in [0.05, 0.1) is 22.3 Å². The van der Waals surface area contributed by atoms with Gasteiger partial charge in [-0.25, -0.2) is 0 Å². The fraction of sp³-hybridized carbons (Fsp3) is 0.464. The maximum atomic E-state index is 13.0. The molecule has 11 heteroatoms. The number of hydrogen-bond acceptors (Lipinski definition) is 8. The van der Waals surface area contributed by atoms with Gasteiger partial charge in [0.15, 0.2) is 10.9 Å². The van der Waals surface area contributed by atoms with Gasteiger partial charge in [-0.1, -0.05) is 36.0 Å². The molecule has 208 valence electrons. The van der Waals surface area contributed by atoms with Crippen molar-refractivity contribution in [2.24, 2.45) is 5.92 Å². The molecule has 2 heterocycles. The van der Waals surface area contributed by atoms with Gasteiger partial charge in [-0.15, -0.1) is 0 Å². The van der Waals surface area contributed by atoms with Gasteiger partial charge in [0, 0.05) is 13.0 Å². The number of rotatable bonds is 10. The summed E-state index contributed by atoms with van der Waals surface area (Å²) in [5, 5.41) is 2.61. The maximum Gasteiger partial charge on any atom is 0.416 e. The zero-order valence-corrected chi connectivity index (χ0v) is 22.0. The van der Waals surface area contributed by atoms with Crippen LogP contribution >= 0.6 is 11.8 Å². The van der Waals surface area contributed by atoms with Crippen LogP contribution in [-0.4, -0.2) is 47.1 Å². The fourth-order valence-electron chi connectivity index (χ4n) is 4.48. The second-order valence-corrected chi connectivity index (χ2v) is 11.4. The number of hydrogen-bond donors (Lipinski definition) is 1. The van der Waals surface area contributed by atoms with Crippen molar-refractivity contribution in [3.8, 4) is 5.75 Å². The van der Waals surface area contributed by atoms with Crippen molar-refractivity contribution in [1.29, 1.82) is 0 Å². The quantitative estimate of drug-likeness (QED) is 0.254. The lowest BCUT2D eigenvalue weighted by Gasteiger charge is -2.25. The number of nitrogens with one attached hydrogen (secondary N) is 1.